The maximum absolute atomic E-state index is 13.8. The van der Waals surface area contributed by atoms with Crippen molar-refractivity contribution >= 4 is 29.5 Å². The number of hydrogen-bond acceptors (Lipinski definition) is 6. The van der Waals surface area contributed by atoms with Crippen LogP contribution in [0, 0.1) is 23.2 Å². The molecule has 228 valence electrons. The van der Waals surface area contributed by atoms with E-state index in [2.05, 4.69) is 10.6 Å². The SMILES string of the molecule is C[C@@H](OC1CCC1)[C@H](NC(=O)C(F)(F)F)C(=O)N1CC2C(C1C(=O)N[C@@H](C[C@@H]1CC3(CC3)NC1=O)C(N)=O)C2(C)C. The second-order valence-corrected chi connectivity index (χ2v) is 13.1. The van der Waals surface area contributed by atoms with E-state index in [1.807, 2.05) is 13.8 Å². The first kappa shape index (κ1) is 29.6. The number of nitrogens with zero attached hydrogens (tertiary/aromatic N) is 1. The molecule has 3 saturated carbocycles. The highest BCUT2D eigenvalue weighted by molar-refractivity contribution is 5.96. The Kier molecular flexibility index (Phi) is 7.31. The van der Waals surface area contributed by atoms with E-state index in [4.69, 9.17) is 10.5 Å². The monoisotopic (exact) mass is 585 g/mol. The Morgan fingerprint density at radius 2 is 1.83 bits per heavy atom. The van der Waals surface area contributed by atoms with Crippen LogP contribution in [0.4, 0.5) is 13.2 Å². The average Bonchev–Trinajstić information content (AvgIpc) is 3.56. The number of amides is 5. The van der Waals surface area contributed by atoms with Crippen LogP contribution in [0.25, 0.3) is 0 Å². The molecule has 1 spiro atoms. The third-order valence-corrected chi connectivity index (χ3v) is 9.93. The van der Waals surface area contributed by atoms with Crippen LogP contribution in [0.3, 0.4) is 0 Å². The Morgan fingerprint density at radius 1 is 1.17 bits per heavy atom. The summed E-state index contributed by atoms with van der Waals surface area (Å²) in [6, 6.07) is -3.95. The zero-order valence-electron chi connectivity index (χ0n) is 23.4. The minimum atomic E-state index is -5.22. The first-order valence-corrected chi connectivity index (χ1v) is 14.3. The Hall–Kier alpha value is -2.90. The molecule has 14 heteroatoms. The molecular formula is C27H38F3N5O6. The summed E-state index contributed by atoms with van der Waals surface area (Å²) in [4.78, 5) is 65.4. The van der Waals surface area contributed by atoms with Crippen molar-refractivity contribution in [3.8, 4) is 0 Å². The van der Waals surface area contributed by atoms with Crippen LogP contribution in [-0.4, -0.2) is 83.0 Å². The Bertz CT molecular complexity index is 1140. The predicted molar refractivity (Wildman–Crippen MR) is 136 cm³/mol. The van der Waals surface area contributed by atoms with Crippen LogP contribution in [-0.2, 0) is 28.7 Å². The number of nitrogens with two attached hydrogens (primary N) is 1. The molecule has 5 aliphatic rings. The third kappa shape index (κ3) is 5.63. The van der Waals surface area contributed by atoms with Gasteiger partial charge in [-0.3, -0.25) is 24.0 Å². The molecule has 41 heavy (non-hydrogen) atoms. The van der Waals surface area contributed by atoms with Gasteiger partial charge in [-0.05, 0) is 69.1 Å². The fourth-order valence-electron chi connectivity index (χ4n) is 6.92. The van der Waals surface area contributed by atoms with E-state index in [1.54, 1.807) is 5.32 Å². The summed E-state index contributed by atoms with van der Waals surface area (Å²) in [6.07, 6.45) is -2.00. The van der Waals surface area contributed by atoms with Gasteiger partial charge >= 0.3 is 12.1 Å². The smallest absolute Gasteiger partial charge is 0.373 e. The summed E-state index contributed by atoms with van der Waals surface area (Å²) in [5.74, 6) is -5.77. The van der Waals surface area contributed by atoms with E-state index in [0.29, 0.717) is 19.3 Å². The molecule has 0 aromatic carbocycles. The molecule has 5 N–H and O–H groups in total. The van der Waals surface area contributed by atoms with Crippen molar-refractivity contribution in [1.29, 1.82) is 0 Å². The molecule has 0 radical (unpaired) electrons. The summed E-state index contributed by atoms with van der Waals surface area (Å²) in [5, 5.41) is 7.36. The van der Waals surface area contributed by atoms with Crippen molar-refractivity contribution in [2.75, 3.05) is 6.54 Å². The van der Waals surface area contributed by atoms with Crippen LogP contribution in [0.15, 0.2) is 0 Å². The van der Waals surface area contributed by atoms with Gasteiger partial charge in [0.2, 0.25) is 23.6 Å². The number of carbonyl (C=O) groups excluding carboxylic acids is 5. The summed E-state index contributed by atoms with van der Waals surface area (Å²) in [7, 11) is 0. The van der Waals surface area contributed by atoms with Crippen molar-refractivity contribution in [2.45, 2.75) is 108 Å². The van der Waals surface area contributed by atoms with Gasteiger partial charge in [-0.15, -0.1) is 0 Å². The van der Waals surface area contributed by atoms with Gasteiger partial charge in [0.15, 0.2) is 0 Å². The third-order valence-electron chi connectivity index (χ3n) is 9.93. The molecule has 0 aromatic heterocycles. The molecule has 0 aromatic rings. The second kappa shape index (κ2) is 10.1. The molecule has 5 amide bonds. The standard InChI is InChI=1S/C27H38F3N5O6/c1-12(41-14-5-4-6-14)18(33-24(40)27(28,29)30)23(39)35-11-15-17(25(15,2)3)19(35)22(38)32-16(20(31)36)9-13-10-26(7-8-26)34-21(13)37/h12-19H,4-11H2,1-3H3,(H2,31,36)(H,32,38)(H,33,40)(H,34,37)/t12-,13-,15?,16+,17?,18+,19?/m1/s1. The normalized spacial score (nSPS) is 31.4. The van der Waals surface area contributed by atoms with Gasteiger partial charge in [0.25, 0.3) is 0 Å². The zero-order chi connectivity index (χ0) is 30.1. The highest BCUT2D eigenvalue weighted by Crippen LogP contribution is 2.65. The number of halogens is 3. The van der Waals surface area contributed by atoms with Crippen LogP contribution in [0.1, 0.15) is 65.7 Å². The summed E-state index contributed by atoms with van der Waals surface area (Å²) < 4.78 is 45.3. The Balaban J connectivity index is 1.33. The maximum Gasteiger partial charge on any atom is 0.471 e. The van der Waals surface area contributed by atoms with Gasteiger partial charge in [0, 0.05) is 18.0 Å². The first-order valence-electron chi connectivity index (χ1n) is 14.3. The lowest BCUT2D eigenvalue weighted by Crippen LogP contribution is -2.61. The summed E-state index contributed by atoms with van der Waals surface area (Å²) in [6.45, 7) is 5.38. The van der Waals surface area contributed by atoms with E-state index >= 15 is 0 Å². The molecule has 2 saturated heterocycles. The largest absolute Gasteiger partial charge is 0.471 e. The minimum absolute atomic E-state index is 0.00331. The number of carbonyl (C=O) groups is 5. The van der Waals surface area contributed by atoms with Crippen molar-refractivity contribution in [3.05, 3.63) is 0 Å². The van der Waals surface area contributed by atoms with Gasteiger partial charge in [-0.2, -0.15) is 13.2 Å². The highest BCUT2D eigenvalue weighted by Gasteiger charge is 2.70. The number of primary amides is 1. The van der Waals surface area contributed by atoms with Crippen LogP contribution in [0.2, 0.25) is 0 Å². The lowest BCUT2D eigenvalue weighted by atomic mass is 9.94. The number of likely N-dealkylation sites (tertiary alicyclic amines) is 1. The number of alkyl halides is 3. The average molecular weight is 586 g/mol. The molecule has 7 atom stereocenters. The van der Waals surface area contributed by atoms with E-state index in [-0.39, 0.29) is 47.8 Å². The van der Waals surface area contributed by atoms with E-state index in [1.165, 1.54) is 11.8 Å². The van der Waals surface area contributed by atoms with Gasteiger partial charge < -0.3 is 31.3 Å². The zero-order valence-corrected chi connectivity index (χ0v) is 23.4. The van der Waals surface area contributed by atoms with E-state index < -0.39 is 60.0 Å². The number of fused-ring (bicyclic) bond motifs is 1. The Morgan fingerprint density at radius 3 is 2.34 bits per heavy atom. The van der Waals surface area contributed by atoms with Gasteiger partial charge in [-0.1, -0.05) is 13.8 Å². The molecule has 3 aliphatic carbocycles. The van der Waals surface area contributed by atoms with Gasteiger partial charge in [0.1, 0.15) is 18.1 Å². The molecule has 3 unspecified atom stereocenters. The quantitative estimate of drug-likeness (QED) is 0.292. The van der Waals surface area contributed by atoms with Gasteiger partial charge in [-0.25, -0.2) is 0 Å². The lowest BCUT2D eigenvalue weighted by Gasteiger charge is -2.37. The molecule has 0 bridgehead atoms. The number of nitrogens with one attached hydrogen (secondary N) is 3. The van der Waals surface area contributed by atoms with E-state index in [9.17, 15) is 37.1 Å². The fourth-order valence-corrected chi connectivity index (χ4v) is 6.92. The van der Waals surface area contributed by atoms with Crippen LogP contribution in [0.5, 0.6) is 0 Å². The first-order chi connectivity index (χ1) is 19.0. The predicted octanol–water partition coefficient (Wildman–Crippen LogP) is 0.503. The summed E-state index contributed by atoms with van der Waals surface area (Å²) in [5.41, 5.74) is 5.03. The molecule has 5 rings (SSSR count). The second-order valence-electron chi connectivity index (χ2n) is 13.1. The molecular weight excluding hydrogens is 547 g/mol. The number of ether oxygens (including phenoxy) is 1. The van der Waals surface area contributed by atoms with E-state index in [0.717, 1.165) is 19.3 Å². The van der Waals surface area contributed by atoms with Crippen molar-refractivity contribution < 1.29 is 41.9 Å². The lowest BCUT2D eigenvalue weighted by molar-refractivity contribution is -0.177. The Labute approximate surface area is 235 Å². The van der Waals surface area contributed by atoms with Crippen molar-refractivity contribution in [1.82, 2.24) is 20.9 Å². The molecule has 2 aliphatic heterocycles. The van der Waals surface area contributed by atoms with Crippen molar-refractivity contribution in [2.24, 2.45) is 28.9 Å². The topological polar surface area (TPSA) is 160 Å². The fraction of sp³-hybridized carbons (Fsp3) is 0.815. The van der Waals surface area contributed by atoms with Gasteiger partial charge in [0.05, 0.1) is 12.2 Å². The minimum Gasteiger partial charge on any atom is -0.373 e. The summed E-state index contributed by atoms with van der Waals surface area (Å²) >= 11 is 0. The van der Waals surface area contributed by atoms with Crippen LogP contribution >= 0.6 is 0 Å². The van der Waals surface area contributed by atoms with Crippen LogP contribution < -0.4 is 21.7 Å². The maximum atomic E-state index is 13.8. The number of rotatable bonds is 10. The molecule has 5 fully saturated rings. The molecule has 11 nitrogen and oxygen atoms in total. The highest BCUT2D eigenvalue weighted by atomic mass is 19.4. The number of hydrogen-bond donors (Lipinski definition) is 4. The molecule has 2 heterocycles. The number of piperidine rings is 1. The van der Waals surface area contributed by atoms with Crippen molar-refractivity contribution in [3.63, 3.8) is 0 Å².